The van der Waals surface area contributed by atoms with E-state index in [4.69, 9.17) is 4.74 Å². The molecule has 1 N–H and O–H groups in total. The Hall–Kier alpha value is -2.42. The lowest BCUT2D eigenvalue weighted by Gasteiger charge is -2.12. The van der Waals surface area contributed by atoms with Crippen LogP contribution in [0.25, 0.3) is 0 Å². The lowest BCUT2D eigenvalue weighted by Crippen LogP contribution is -2.23. The topological polar surface area (TPSA) is 60.5 Å². The Morgan fingerprint density at radius 2 is 2.00 bits per heavy atom. The Balaban J connectivity index is 1.49. The minimum atomic E-state index is -4.73. The molecule has 1 aromatic heterocycles. The number of nitrogens with zero attached hydrogens (tertiary/aromatic N) is 1. The van der Waals surface area contributed by atoms with E-state index >= 15 is 0 Å². The number of thioether (sulfide) groups is 1. The van der Waals surface area contributed by atoms with Gasteiger partial charge in [0, 0.05) is 24.6 Å². The molecule has 1 atom stereocenters. The Labute approximate surface area is 158 Å². The fourth-order valence-corrected chi connectivity index (χ4v) is 3.55. The Morgan fingerprint density at radius 1 is 1.22 bits per heavy atom. The summed E-state index contributed by atoms with van der Waals surface area (Å²) in [5, 5.41) is 2.69. The lowest BCUT2D eigenvalue weighted by molar-refractivity contribution is -0.274. The second-order valence-corrected chi connectivity index (χ2v) is 7.01. The third-order valence-corrected chi connectivity index (χ3v) is 4.92. The number of ether oxygens (including phenoxy) is 2. The molecule has 1 aliphatic heterocycles. The minimum absolute atomic E-state index is 0.159. The van der Waals surface area contributed by atoms with Crippen molar-refractivity contribution in [1.82, 2.24) is 10.3 Å². The second kappa shape index (κ2) is 8.51. The highest BCUT2D eigenvalue weighted by Crippen LogP contribution is 2.23. The first-order valence-corrected chi connectivity index (χ1v) is 9.38. The Bertz CT molecular complexity index is 761. The first-order chi connectivity index (χ1) is 12.9. The van der Waals surface area contributed by atoms with Crippen LogP contribution in [0.15, 0.2) is 42.6 Å². The van der Waals surface area contributed by atoms with E-state index in [1.54, 1.807) is 12.1 Å². The van der Waals surface area contributed by atoms with Gasteiger partial charge in [0.25, 0.3) is 5.91 Å². The normalized spacial score (nSPS) is 16.8. The number of alkyl halides is 3. The van der Waals surface area contributed by atoms with Gasteiger partial charge < -0.3 is 14.8 Å². The van der Waals surface area contributed by atoms with Crippen LogP contribution < -0.4 is 14.8 Å². The zero-order valence-electron chi connectivity index (χ0n) is 14.2. The smallest absolute Gasteiger partial charge is 0.473 e. The molecule has 0 saturated carbocycles. The average Bonchev–Trinajstić information content (AvgIpc) is 3.13. The van der Waals surface area contributed by atoms with E-state index in [-0.39, 0.29) is 24.3 Å². The number of halogens is 3. The predicted molar refractivity (Wildman–Crippen MR) is 94.9 cm³/mol. The van der Waals surface area contributed by atoms with Gasteiger partial charge in [-0.3, -0.25) is 4.79 Å². The van der Waals surface area contributed by atoms with Gasteiger partial charge in [0.2, 0.25) is 5.88 Å². The Morgan fingerprint density at radius 3 is 2.59 bits per heavy atom. The maximum absolute atomic E-state index is 12.2. The molecule has 2 heterocycles. The number of nitrogens with one attached hydrogen (secondary N) is 1. The van der Waals surface area contributed by atoms with E-state index in [0.29, 0.717) is 17.0 Å². The van der Waals surface area contributed by atoms with Crippen molar-refractivity contribution < 1.29 is 27.4 Å². The van der Waals surface area contributed by atoms with Gasteiger partial charge in [-0.25, -0.2) is 4.98 Å². The molecule has 144 valence electrons. The van der Waals surface area contributed by atoms with Gasteiger partial charge in [-0.2, -0.15) is 11.8 Å². The summed E-state index contributed by atoms with van der Waals surface area (Å²) in [6.45, 7) is 0.169. The van der Waals surface area contributed by atoms with Crippen LogP contribution in [0.3, 0.4) is 0 Å². The van der Waals surface area contributed by atoms with Gasteiger partial charge in [0.05, 0.1) is 5.56 Å². The molecule has 1 aliphatic rings. The number of amides is 1. The van der Waals surface area contributed by atoms with Crippen LogP contribution >= 0.6 is 11.8 Å². The van der Waals surface area contributed by atoms with Crippen molar-refractivity contribution in [1.29, 1.82) is 0 Å². The summed E-state index contributed by atoms with van der Waals surface area (Å²) in [6, 6.07) is 8.58. The molecule has 0 spiro atoms. The van der Waals surface area contributed by atoms with Crippen molar-refractivity contribution in [3.8, 4) is 11.6 Å². The Kier molecular flexibility index (Phi) is 6.10. The third kappa shape index (κ3) is 6.06. The maximum Gasteiger partial charge on any atom is 0.573 e. The first-order valence-electron chi connectivity index (χ1n) is 8.22. The molecule has 0 aliphatic carbocycles. The van der Waals surface area contributed by atoms with Crippen molar-refractivity contribution in [2.75, 3.05) is 11.5 Å². The molecule has 1 fully saturated rings. The third-order valence-electron chi connectivity index (χ3n) is 3.78. The molecule has 27 heavy (non-hydrogen) atoms. The molecule has 0 bridgehead atoms. The SMILES string of the molecule is O=C(NCc1ccc(OC(F)(F)F)cc1)c1ccc(OC2CCSC2)nc1. The second-order valence-electron chi connectivity index (χ2n) is 5.86. The zero-order chi connectivity index (χ0) is 19.3. The number of aromatic nitrogens is 1. The van der Waals surface area contributed by atoms with Crippen molar-refractivity contribution in [2.24, 2.45) is 0 Å². The maximum atomic E-state index is 12.2. The molecule has 1 saturated heterocycles. The summed E-state index contributed by atoms with van der Waals surface area (Å²) in [5.41, 5.74) is 1.02. The highest BCUT2D eigenvalue weighted by Gasteiger charge is 2.30. The van der Waals surface area contributed by atoms with E-state index < -0.39 is 6.36 Å². The molecular formula is C18H17F3N2O3S. The van der Waals surface area contributed by atoms with Crippen LogP contribution in [0, 0.1) is 0 Å². The largest absolute Gasteiger partial charge is 0.573 e. The van der Waals surface area contributed by atoms with Gasteiger partial charge in [-0.05, 0) is 35.9 Å². The van der Waals surface area contributed by atoms with Crippen molar-refractivity contribution >= 4 is 17.7 Å². The van der Waals surface area contributed by atoms with Crippen LogP contribution in [0.4, 0.5) is 13.2 Å². The number of hydrogen-bond acceptors (Lipinski definition) is 5. The summed E-state index contributed by atoms with van der Waals surface area (Å²) in [7, 11) is 0. The summed E-state index contributed by atoms with van der Waals surface area (Å²) in [6.07, 6.45) is -2.14. The van der Waals surface area contributed by atoms with Crippen molar-refractivity contribution in [3.05, 3.63) is 53.7 Å². The van der Waals surface area contributed by atoms with Crippen LogP contribution in [0.1, 0.15) is 22.3 Å². The molecule has 9 heteroatoms. The van der Waals surface area contributed by atoms with Crippen molar-refractivity contribution in [3.63, 3.8) is 0 Å². The highest BCUT2D eigenvalue weighted by atomic mass is 32.2. The summed E-state index contributed by atoms with van der Waals surface area (Å²) in [4.78, 5) is 16.3. The van der Waals surface area contributed by atoms with Crippen LogP contribution in [0.5, 0.6) is 11.6 Å². The molecular weight excluding hydrogens is 381 g/mol. The van der Waals surface area contributed by atoms with Gasteiger partial charge in [-0.1, -0.05) is 12.1 Å². The first kappa shape index (κ1) is 19.3. The van der Waals surface area contributed by atoms with E-state index in [1.807, 2.05) is 11.8 Å². The molecule has 2 aromatic rings. The van der Waals surface area contributed by atoms with Gasteiger partial charge in [0.15, 0.2) is 0 Å². The fourth-order valence-electron chi connectivity index (χ4n) is 2.45. The number of carbonyl (C=O) groups excluding carboxylic acids is 1. The molecule has 1 amide bonds. The average molecular weight is 398 g/mol. The molecule has 1 unspecified atom stereocenters. The quantitative estimate of drug-likeness (QED) is 0.802. The predicted octanol–water partition coefficient (Wildman–Crippen LogP) is 3.79. The van der Waals surface area contributed by atoms with Gasteiger partial charge in [0.1, 0.15) is 11.9 Å². The van der Waals surface area contributed by atoms with Crippen molar-refractivity contribution in [2.45, 2.75) is 25.4 Å². The summed E-state index contributed by atoms with van der Waals surface area (Å²) >= 11 is 1.84. The lowest BCUT2D eigenvalue weighted by atomic mass is 10.2. The number of carbonyl (C=O) groups is 1. The summed E-state index contributed by atoms with van der Waals surface area (Å²) < 4.78 is 45.9. The molecule has 0 radical (unpaired) electrons. The zero-order valence-corrected chi connectivity index (χ0v) is 15.0. The standard InChI is InChI=1S/C18H17F3N2O3S/c19-18(20,21)26-14-4-1-12(2-5-14)9-23-17(24)13-3-6-16(22-10-13)25-15-7-8-27-11-15/h1-6,10,15H,7-9,11H2,(H,23,24). The monoisotopic (exact) mass is 398 g/mol. The van der Waals surface area contributed by atoms with Crippen LogP contribution in [-0.2, 0) is 6.54 Å². The molecule has 1 aromatic carbocycles. The number of rotatable bonds is 6. The number of pyridine rings is 1. The van der Waals surface area contributed by atoms with E-state index in [9.17, 15) is 18.0 Å². The van der Waals surface area contributed by atoms with Crippen LogP contribution in [0.2, 0.25) is 0 Å². The van der Waals surface area contributed by atoms with Crippen LogP contribution in [-0.4, -0.2) is 34.9 Å². The highest BCUT2D eigenvalue weighted by molar-refractivity contribution is 7.99. The summed E-state index contributed by atoms with van der Waals surface area (Å²) in [5.74, 6) is 1.86. The van der Waals surface area contributed by atoms with Gasteiger partial charge >= 0.3 is 6.36 Å². The molecule has 5 nitrogen and oxygen atoms in total. The fraction of sp³-hybridized carbons (Fsp3) is 0.333. The number of hydrogen-bond donors (Lipinski definition) is 1. The van der Waals surface area contributed by atoms with Gasteiger partial charge in [-0.15, -0.1) is 13.2 Å². The van der Waals surface area contributed by atoms with E-state index in [2.05, 4.69) is 15.0 Å². The van der Waals surface area contributed by atoms with E-state index in [0.717, 1.165) is 17.9 Å². The minimum Gasteiger partial charge on any atom is -0.473 e. The number of benzene rings is 1. The molecule has 3 rings (SSSR count). The van der Waals surface area contributed by atoms with E-state index in [1.165, 1.54) is 30.5 Å².